The first-order chi connectivity index (χ1) is 8.67. The average Bonchev–Trinajstić information content (AvgIpc) is 2.92. The van der Waals surface area contributed by atoms with Crippen molar-refractivity contribution in [1.82, 2.24) is 15.0 Å². The molecule has 3 aromatic heterocycles. The van der Waals surface area contributed by atoms with Crippen molar-refractivity contribution in [2.75, 3.05) is 7.11 Å². The number of hydrogen-bond donors (Lipinski definition) is 1. The monoisotopic (exact) mass is 387 g/mol. The zero-order chi connectivity index (χ0) is 12.7. The van der Waals surface area contributed by atoms with Gasteiger partial charge < -0.3 is 9.72 Å². The number of hydrogen-bond acceptors (Lipinski definition) is 4. The third-order valence-electron chi connectivity index (χ3n) is 2.41. The number of halogens is 2. The fourth-order valence-corrected chi connectivity index (χ4v) is 3.55. The van der Waals surface area contributed by atoms with Crippen LogP contribution in [0.4, 0.5) is 0 Å². The van der Waals surface area contributed by atoms with E-state index in [0.29, 0.717) is 11.5 Å². The second kappa shape index (κ2) is 4.64. The third kappa shape index (κ3) is 2.06. The lowest BCUT2D eigenvalue weighted by Crippen LogP contribution is -1.86. The van der Waals surface area contributed by atoms with E-state index < -0.39 is 0 Å². The molecule has 1 N–H and O–H groups in total. The molecule has 3 rings (SSSR count). The first-order valence-corrected chi connectivity index (χ1v) is 7.43. The van der Waals surface area contributed by atoms with Crippen LogP contribution in [0.2, 0.25) is 0 Å². The smallest absolute Gasteiger partial charge is 0.215 e. The Kier molecular flexibility index (Phi) is 3.13. The van der Waals surface area contributed by atoms with Crippen LogP contribution < -0.4 is 4.74 Å². The van der Waals surface area contributed by atoms with Gasteiger partial charge in [-0.3, -0.25) is 0 Å². The van der Waals surface area contributed by atoms with Crippen molar-refractivity contribution in [3.63, 3.8) is 0 Å². The molecule has 3 aromatic rings. The summed E-state index contributed by atoms with van der Waals surface area (Å²) in [7, 11) is 1.59. The van der Waals surface area contributed by atoms with Gasteiger partial charge in [0.15, 0.2) is 11.5 Å². The first-order valence-electron chi connectivity index (χ1n) is 5.03. The summed E-state index contributed by atoms with van der Waals surface area (Å²) in [4.78, 5) is 13.0. The number of aromatic nitrogens is 3. The van der Waals surface area contributed by atoms with E-state index in [-0.39, 0.29) is 0 Å². The average molecular weight is 389 g/mol. The fourth-order valence-electron chi connectivity index (χ4n) is 1.57. The van der Waals surface area contributed by atoms with Gasteiger partial charge in [0, 0.05) is 10.5 Å². The van der Waals surface area contributed by atoms with Crippen molar-refractivity contribution in [3.05, 3.63) is 26.5 Å². The molecule has 92 valence electrons. The first kappa shape index (κ1) is 12.1. The van der Waals surface area contributed by atoms with E-state index in [1.165, 1.54) is 0 Å². The summed E-state index contributed by atoms with van der Waals surface area (Å²) in [5, 5.41) is 0. The highest BCUT2D eigenvalue weighted by atomic mass is 79.9. The molecule has 0 aliphatic carbocycles. The van der Waals surface area contributed by atoms with E-state index in [4.69, 9.17) is 4.74 Å². The highest BCUT2D eigenvalue weighted by Crippen LogP contribution is 2.37. The van der Waals surface area contributed by atoms with E-state index >= 15 is 0 Å². The van der Waals surface area contributed by atoms with Crippen molar-refractivity contribution in [2.45, 2.75) is 0 Å². The summed E-state index contributed by atoms with van der Waals surface area (Å²) in [5.74, 6) is 1.37. The van der Waals surface area contributed by atoms with Crippen LogP contribution in [0.5, 0.6) is 5.88 Å². The Labute approximate surface area is 124 Å². The minimum atomic E-state index is 0.564. The predicted octanol–water partition coefficient (Wildman–Crippen LogP) is 4.22. The summed E-state index contributed by atoms with van der Waals surface area (Å²) in [6.45, 7) is 0. The van der Waals surface area contributed by atoms with Gasteiger partial charge in [-0.15, -0.1) is 11.3 Å². The van der Waals surface area contributed by atoms with Crippen LogP contribution in [0.1, 0.15) is 0 Å². The molecule has 0 aromatic carbocycles. The summed E-state index contributed by atoms with van der Waals surface area (Å²) in [6.07, 6.45) is 0. The predicted molar refractivity (Wildman–Crippen MR) is 79.2 cm³/mol. The van der Waals surface area contributed by atoms with Gasteiger partial charge in [0.1, 0.15) is 0 Å². The van der Waals surface area contributed by atoms with E-state index in [1.807, 2.05) is 18.2 Å². The number of ether oxygens (including phenoxy) is 1. The number of fused-ring (bicyclic) bond motifs is 1. The Hall–Kier alpha value is -0.920. The second-order valence-corrected chi connectivity index (χ2v) is 6.77. The Balaban J connectivity index is 2.12. The molecular weight excluding hydrogens is 382 g/mol. The minimum Gasteiger partial charge on any atom is -0.481 e. The molecule has 0 fully saturated rings. The largest absolute Gasteiger partial charge is 0.481 e. The number of nitrogens with zero attached hydrogens (tertiary/aromatic N) is 2. The number of H-pyrrole nitrogens is 1. The molecular formula is C11H7Br2N3OS. The van der Waals surface area contributed by atoms with Gasteiger partial charge in [-0.05, 0) is 44.0 Å². The van der Waals surface area contributed by atoms with Crippen LogP contribution in [0.15, 0.2) is 26.5 Å². The summed E-state index contributed by atoms with van der Waals surface area (Å²) >= 11 is 8.55. The fraction of sp³-hybridized carbons (Fsp3) is 0.0909. The summed E-state index contributed by atoms with van der Waals surface area (Å²) in [5.41, 5.74) is 1.55. The molecule has 0 atom stereocenters. The minimum absolute atomic E-state index is 0.564. The molecule has 3 heterocycles. The number of methoxy groups -OCH3 is 1. The zero-order valence-corrected chi connectivity index (χ0v) is 13.2. The molecule has 0 spiro atoms. The number of pyridine rings is 1. The highest BCUT2D eigenvalue weighted by molar-refractivity contribution is 9.13. The number of aromatic amines is 1. The number of thiophene rings is 1. The summed E-state index contributed by atoms with van der Waals surface area (Å²) < 4.78 is 7.15. The van der Waals surface area contributed by atoms with Crippen LogP contribution in [0.25, 0.3) is 21.9 Å². The molecule has 4 nitrogen and oxygen atoms in total. The van der Waals surface area contributed by atoms with Crippen molar-refractivity contribution >= 4 is 54.4 Å². The molecule has 0 aliphatic heterocycles. The van der Waals surface area contributed by atoms with Crippen molar-refractivity contribution in [2.24, 2.45) is 0 Å². The van der Waals surface area contributed by atoms with Gasteiger partial charge in [0.2, 0.25) is 5.88 Å². The van der Waals surface area contributed by atoms with E-state index in [2.05, 4.69) is 46.8 Å². The molecule has 0 saturated carbocycles. The maximum absolute atomic E-state index is 5.08. The number of nitrogens with one attached hydrogen (secondary N) is 1. The SMILES string of the molecule is COc1ccc2[nH]c(-c3cc(Br)c(Br)s3)nc2n1. The molecule has 0 saturated heterocycles. The van der Waals surface area contributed by atoms with Gasteiger partial charge >= 0.3 is 0 Å². The van der Waals surface area contributed by atoms with Crippen molar-refractivity contribution in [1.29, 1.82) is 0 Å². The number of imidazole rings is 1. The molecule has 7 heteroatoms. The Morgan fingerprint density at radius 1 is 1.28 bits per heavy atom. The molecule has 0 bridgehead atoms. The van der Waals surface area contributed by atoms with E-state index in [9.17, 15) is 0 Å². The van der Waals surface area contributed by atoms with Gasteiger partial charge in [0.05, 0.1) is 21.3 Å². The van der Waals surface area contributed by atoms with Crippen molar-refractivity contribution < 1.29 is 4.74 Å². The molecule has 0 aliphatic rings. The maximum atomic E-state index is 5.08. The van der Waals surface area contributed by atoms with E-state index in [0.717, 1.165) is 24.5 Å². The van der Waals surface area contributed by atoms with Gasteiger partial charge in [-0.1, -0.05) is 0 Å². The quantitative estimate of drug-likeness (QED) is 0.714. The number of rotatable bonds is 2. The Morgan fingerprint density at radius 2 is 2.11 bits per heavy atom. The topological polar surface area (TPSA) is 50.8 Å². The molecule has 0 unspecified atom stereocenters. The summed E-state index contributed by atoms with van der Waals surface area (Å²) in [6, 6.07) is 5.74. The van der Waals surface area contributed by atoms with Crippen LogP contribution in [-0.4, -0.2) is 22.1 Å². The lowest BCUT2D eigenvalue weighted by atomic mass is 10.4. The zero-order valence-electron chi connectivity index (χ0n) is 9.20. The normalized spacial score (nSPS) is 11.1. The lowest BCUT2D eigenvalue weighted by Gasteiger charge is -1.95. The van der Waals surface area contributed by atoms with Crippen LogP contribution in [0, 0.1) is 0 Å². The molecule has 18 heavy (non-hydrogen) atoms. The maximum Gasteiger partial charge on any atom is 0.215 e. The van der Waals surface area contributed by atoms with Gasteiger partial charge in [0.25, 0.3) is 0 Å². The third-order valence-corrected chi connectivity index (χ3v) is 5.67. The van der Waals surface area contributed by atoms with Gasteiger partial charge in [-0.2, -0.15) is 4.98 Å². The van der Waals surface area contributed by atoms with Crippen LogP contribution in [0.3, 0.4) is 0 Å². The lowest BCUT2D eigenvalue weighted by molar-refractivity contribution is 0.399. The molecule has 0 radical (unpaired) electrons. The highest BCUT2D eigenvalue weighted by Gasteiger charge is 2.11. The molecule has 0 amide bonds. The Bertz CT molecular complexity index is 703. The second-order valence-electron chi connectivity index (χ2n) is 3.54. The van der Waals surface area contributed by atoms with Crippen LogP contribution in [-0.2, 0) is 0 Å². The van der Waals surface area contributed by atoms with E-state index in [1.54, 1.807) is 18.4 Å². The standard InChI is InChI=1S/C11H7Br2N3OS/c1-17-8-3-2-6-10(15-8)16-11(14-6)7-4-5(12)9(13)18-7/h2-4H,1H3,(H,14,15,16). The van der Waals surface area contributed by atoms with Crippen LogP contribution >= 0.6 is 43.2 Å². The Morgan fingerprint density at radius 3 is 2.78 bits per heavy atom. The van der Waals surface area contributed by atoms with Crippen molar-refractivity contribution in [3.8, 4) is 16.6 Å². The van der Waals surface area contributed by atoms with Gasteiger partial charge in [-0.25, -0.2) is 4.98 Å².